The van der Waals surface area contributed by atoms with Gasteiger partial charge in [0.05, 0.1) is 30.6 Å². The average molecular weight is 472 g/mol. The quantitative estimate of drug-likeness (QED) is 0.307. The first-order valence-corrected chi connectivity index (χ1v) is 11.3. The van der Waals surface area contributed by atoms with E-state index in [0.29, 0.717) is 44.9 Å². The molecule has 1 aliphatic heterocycles. The van der Waals surface area contributed by atoms with Crippen molar-refractivity contribution in [3.05, 3.63) is 82.2 Å². The van der Waals surface area contributed by atoms with Crippen molar-refractivity contribution in [3.63, 3.8) is 0 Å². The van der Waals surface area contributed by atoms with Gasteiger partial charge in [0.15, 0.2) is 11.5 Å². The fourth-order valence-electron chi connectivity index (χ4n) is 4.43. The summed E-state index contributed by atoms with van der Waals surface area (Å²) in [4.78, 5) is 25.8. The van der Waals surface area contributed by atoms with Gasteiger partial charge in [-0.05, 0) is 61.4 Å². The van der Waals surface area contributed by atoms with Crippen molar-refractivity contribution < 1.29 is 28.5 Å². The lowest BCUT2D eigenvalue weighted by molar-refractivity contribution is -0.135. The van der Waals surface area contributed by atoms with Gasteiger partial charge in [0.1, 0.15) is 23.3 Å². The molecule has 0 aliphatic carbocycles. The molecule has 0 saturated heterocycles. The molecular formula is C28H24O7. The summed E-state index contributed by atoms with van der Waals surface area (Å²) in [7, 11) is 1.56. The third-order valence-corrected chi connectivity index (χ3v) is 6.01. The maximum absolute atomic E-state index is 13.4. The highest BCUT2D eigenvalue weighted by atomic mass is 16.5. The topological polar surface area (TPSA) is 95.2 Å². The van der Waals surface area contributed by atoms with E-state index in [2.05, 4.69) is 0 Å². The molecule has 0 amide bonds. The molecule has 5 rings (SSSR count). The van der Waals surface area contributed by atoms with Crippen LogP contribution in [0.2, 0.25) is 0 Å². The number of methoxy groups -OCH3 is 1. The summed E-state index contributed by atoms with van der Waals surface area (Å²) in [5.41, 5.74) is 2.61. The van der Waals surface area contributed by atoms with Crippen LogP contribution in [0.5, 0.6) is 23.0 Å². The Morgan fingerprint density at radius 2 is 1.77 bits per heavy atom. The summed E-state index contributed by atoms with van der Waals surface area (Å²) in [5, 5.41) is 9.95. The lowest BCUT2D eigenvalue weighted by Crippen LogP contribution is -2.22. The Balaban J connectivity index is 1.66. The fraction of sp³-hybridized carbons (Fsp3) is 0.214. The lowest BCUT2D eigenvalue weighted by atomic mass is 9.85. The summed E-state index contributed by atoms with van der Waals surface area (Å²) in [6, 6.07) is 15.1. The van der Waals surface area contributed by atoms with Gasteiger partial charge in [0.25, 0.3) is 0 Å². The Morgan fingerprint density at radius 1 is 1.00 bits per heavy atom. The molecule has 0 spiro atoms. The second-order valence-electron chi connectivity index (χ2n) is 8.69. The highest BCUT2D eigenvalue weighted by Gasteiger charge is 2.32. The number of hydrogen-bond donors (Lipinski definition) is 1. The largest absolute Gasteiger partial charge is 0.508 e. The molecule has 0 unspecified atom stereocenters. The van der Waals surface area contributed by atoms with Gasteiger partial charge in [-0.3, -0.25) is 9.59 Å². The summed E-state index contributed by atoms with van der Waals surface area (Å²) < 4.78 is 22.9. The van der Waals surface area contributed by atoms with Crippen molar-refractivity contribution in [2.45, 2.75) is 32.3 Å². The molecule has 2 heterocycles. The number of phenols is 1. The highest BCUT2D eigenvalue weighted by molar-refractivity contribution is 5.90. The van der Waals surface area contributed by atoms with Crippen LogP contribution in [-0.2, 0) is 4.79 Å². The van der Waals surface area contributed by atoms with E-state index in [-0.39, 0.29) is 29.7 Å². The number of aromatic hydroxyl groups is 1. The van der Waals surface area contributed by atoms with Crippen LogP contribution in [0.4, 0.5) is 0 Å². The molecule has 3 aromatic carbocycles. The fourth-order valence-corrected chi connectivity index (χ4v) is 4.43. The van der Waals surface area contributed by atoms with Crippen LogP contribution in [0.25, 0.3) is 22.1 Å². The Hall–Kier alpha value is -4.26. The summed E-state index contributed by atoms with van der Waals surface area (Å²) in [6.07, 6.45) is 1.47. The number of carbonyl (C=O) groups excluding carboxylic acids is 1. The molecule has 0 saturated carbocycles. The van der Waals surface area contributed by atoms with Crippen molar-refractivity contribution in [3.8, 4) is 34.1 Å². The molecule has 1 N–H and O–H groups in total. The van der Waals surface area contributed by atoms with E-state index in [9.17, 15) is 14.7 Å². The molecule has 7 nitrogen and oxygen atoms in total. The van der Waals surface area contributed by atoms with Crippen LogP contribution >= 0.6 is 0 Å². The smallest absolute Gasteiger partial charge is 0.312 e. The minimum Gasteiger partial charge on any atom is -0.508 e. The van der Waals surface area contributed by atoms with Crippen molar-refractivity contribution in [1.82, 2.24) is 0 Å². The standard InChI is InChI=1S/C28H24O7/c1-15(2)34-22-10-6-17(12-24(22)32-3)20-13-25(30)35-23-11-9-19-27(31)21(14-33-28(19)26(20)23)16-4-7-18(29)8-5-16/h4-12,14-15,20,29H,13H2,1-3H3/t20-/m0/s1. The zero-order valence-corrected chi connectivity index (χ0v) is 19.5. The van der Waals surface area contributed by atoms with E-state index < -0.39 is 5.92 Å². The second kappa shape index (κ2) is 8.83. The zero-order valence-electron chi connectivity index (χ0n) is 19.5. The first-order valence-electron chi connectivity index (χ1n) is 11.3. The van der Waals surface area contributed by atoms with Crippen LogP contribution in [0.15, 0.2) is 70.1 Å². The average Bonchev–Trinajstić information content (AvgIpc) is 2.84. The van der Waals surface area contributed by atoms with Crippen LogP contribution < -0.4 is 19.6 Å². The van der Waals surface area contributed by atoms with Crippen LogP contribution in [0.3, 0.4) is 0 Å². The van der Waals surface area contributed by atoms with Gasteiger partial charge in [-0.1, -0.05) is 18.2 Å². The van der Waals surface area contributed by atoms with Crippen LogP contribution in [0, 0.1) is 0 Å². The van der Waals surface area contributed by atoms with Crippen molar-refractivity contribution in [2.75, 3.05) is 7.11 Å². The zero-order chi connectivity index (χ0) is 24.7. The molecule has 178 valence electrons. The molecule has 4 aromatic rings. The monoisotopic (exact) mass is 472 g/mol. The first kappa shape index (κ1) is 22.5. The molecule has 0 fully saturated rings. The van der Waals surface area contributed by atoms with Gasteiger partial charge in [-0.25, -0.2) is 0 Å². The molecule has 1 atom stereocenters. The second-order valence-corrected chi connectivity index (χ2v) is 8.69. The van der Waals surface area contributed by atoms with E-state index in [1.54, 1.807) is 31.4 Å². The number of carbonyl (C=O) groups is 1. The molecule has 7 heteroatoms. The van der Waals surface area contributed by atoms with E-state index in [1.807, 2.05) is 32.0 Å². The van der Waals surface area contributed by atoms with Crippen molar-refractivity contribution in [1.29, 1.82) is 0 Å². The minimum atomic E-state index is -0.403. The minimum absolute atomic E-state index is 0.0267. The van der Waals surface area contributed by atoms with Crippen LogP contribution in [0.1, 0.15) is 37.3 Å². The normalized spacial score (nSPS) is 15.1. The summed E-state index contributed by atoms with van der Waals surface area (Å²) >= 11 is 0. The van der Waals surface area contributed by atoms with Gasteiger partial charge >= 0.3 is 5.97 Å². The number of rotatable bonds is 5. The first-order chi connectivity index (χ1) is 16.9. The number of esters is 1. The number of benzene rings is 3. The van der Waals surface area contributed by atoms with E-state index in [4.69, 9.17) is 18.6 Å². The molecule has 0 radical (unpaired) electrons. The Kier molecular flexibility index (Phi) is 5.68. The van der Waals surface area contributed by atoms with Crippen molar-refractivity contribution >= 4 is 16.9 Å². The summed E-state index contributed by atoms with van der Waals surface area (Å²) in [6.45, 7) is 3.86. The number of hydrogen-bond acceptors (Lipinski definition) is 7. The third kappa shape index (κ3) is 4.10. The third-order valence-electron chi connectivity index (χ3n) is 6.01. The van der Waals surface area contributed by atoms with Gasteiger partial charge in [0.2, 0.25) is 5.43 Å². The molecule has 35 heavy (non-hydrogen) atoms. The van der Waals surface area contributed by atoms with Gasteiger partial charge in [0, 0.05) is 11.5 Å². The van der Waals surface area contributed by atoms with Crippen LogP contribution in [-0.4, -0.2) is 24.3 Å². The van der Waals surface area contributed by atoms with E-state index in [1.165, 1.54) is 18.4 Å². The van der Waals surface area contributed by atoms with Gasteiger partial charge < -0.3 is 23.7 Å². The highest BCUT2D eigenvalue weighted by Crippen LogP contribution is 2.44. The maximum Gasteiger partial charge on any atom is 0.312 e. The Morgan fingerprint density at radius 3 is 2.49 bits per heavy atom. The van der Waals surface area contributed by atoms with E-state index >= 15 is 0 Å². The molecule has 0 bridgehead atoms. The number of ether oxygens (including phenoxy) is 3. The molecule has 1 aliphatic rings. The number of fused-ring (bicyclic) bond motifs is 3. The van der Waals surface area contributed by atoms with Gasteiger partial charge in [-0.2, -0.15) is 0 Å². The Labute approximate surface area is 201 Å². The SMILES string of the molecule is COc1cc([C@@H]2CC(=O)Oc3ccc4c(=O)c(-c5ccc(O)cc5)coc4c32)ccc1OC(C)C. The van der Waals surface area contributed by atoms with Crippen molar-refractivity contribution in [2.24, 2.45) is 0 Å². The predicted molar refractivity (Wildman–Crippen MR) is 130 cm³/mol. The summed E-state index contributed by atoms with van der Waals surface area (Å²) in [5.74, 6) is 0.852. The van der Waals surface area contributed by atoms with E-state index in [0.717, 1.165) is 5.56 Å². The predicted octanol–water partition coefficient (Wildman–Crippen LogP) is 5.40. The van der Waals surface area contributed by atoms with Gasteiger partial charge in [-0.15, -0.1) is 0 Å². The molecular weight excluding hydrogens is 448 g/mol. The number of phenolic OH excluding ortho intramolecular Hbond substituents is 1. The lowest BCUT2D eigenvalue weighted by Gasteiger charge is -2.26. The molecule has 1 aromatic heterocycles. The maximum atomic E-state index is 13.4. The Bertz CT molecular complexity index is 1480.